The van der Waals surface area contributed by atoms with E-state index in [4.69, 9.17) is 10.2 Å². The Hall–Kier alpha value is -1.82. The van der Waals surface area contributed by atoms with Crippen LogP contribution < -0.4 is 11.1 Å². The number of piperazine rings is 1. The Balaban J connectivity index is 2.34. The van der Waals surface area contributed by atoms with Crippen molar-refractivity contribution in [1.82, 2.24) is 10.2 Å². The molecular formula is C13H19N3O3. The number of amides is 2. The molecule has 6 nitrogen and oxygen atoms in total. The molecule has 1 aliphatic rings. The molecule has 1 aromatic rings. The van der Waals surface area contributed by atoms with Gasteiger partial charge in [-0.3, -0.25) is 9.59 Å². The lowest BCUT2D eigenvalue weighted by atomic mass is 10.1. The quantitative estimate of drug-likeness (QED) is 0.794. The van der Waals surface area contributed by atoms with Gasteiger partial charge in [-0.1, -0.05) is 0 Å². The molecule has 1 unspecified atom stereocenters. The predicted octanol–water partition coefficient (Wildman–Crippen LogP) is 0.104. The van der Waals surface area contributed by atoms with Crippen molar-refractivity contribution in [3.63, 3.8) is 0 Å². The summed E-state index contributed by atoms with van der Waals surface area (Å²) in [5, 5.41) is 3.07. The first kappa shape index (κ1) is 13.6. The highest BCUT2D eigenvalue weighted by Gasteiger charge is 2.33. The molecule has 0 aliphatic carbocycles. The van der Waals surface area contributed by atoms with E-state index >= 15 is 0 Å². The van der Waals surface area contributed by atoms with E-state index in [-0.39, 0.29) is 5.91 Å². The smallest absolute Gasteiger partial charge is 0.258 e. The molecule has 1 saturated heterocycles. The maximum atomic E-state index is 12.6. The Bertz CT molecular complexity index is 521. The number of furan rings is 1. The molecular weight excluding hydrogens is 246 g/mol. The molecule has 1 atom stereocenters. The summed E-state index contributed by atoms with van der Waals surface area (Å²) in [4.78, 5) is 25.6. The number of primary amides is 1. The van der Waals surface area contributed by atoms with Crippen LogP contribution in [0.2, 0.25) is 0 Å². The zero-order valence-corrected chi connectivity index (χ0v) is 11.4. The van der Waals surface area contributed by atoms with Crippen molar-refractivity contribution in [2.45, 2.75) is 26.8 Å². The fourth-order valence-corrected chi connectivity index (χ4v) is 2.45. The molecule has 0 radical (unpaired) electrons. The summed E-state index contributed by atoms with van der Waals surface area (Å²) < 4.78 is 5.47. The number of nitrogens with one attached hydrogen (secondary N) is 1. The summed E-state index contributed by atoms with van der Waals surface area (Å²) in [7, 11) is 0. The Morgan fingerprint density at radius 2 is 2.00 bits per heavy atom. The topological polar surface area (TPSA) is 88.6 Å². The number of hydrogen-bond acceptors (Lipinski definition) is 4. The van der Waals surface area contributed by atoms with Crippen molar-refractivity contribution < 1.29 is 14.0 Å². The highest BCUT2D eigenvalue weighted by atomic mass is 16.3. The second-order valence-electron chi connectivity index (χ2n) is 4.84. The van der Waals surface area contributed by atoms with Crippen LogP contribution in [-0.2, 0) is 4.79 Å². The molecule has 0 bridgehead atoms. The third-order valence-electron chi connectivity index (χ3n) is 3.61. The zero-order valence-electron chi connectivity index (χ0n) is 11.4. The zero-order chi connectivity index (χ0) is 14.2. The first-order valence-corrected chi connectivity index (χ1v) is 6.31. The largest absolute Gasteiger partial charge is 0.466 e. The molecule has 2 rings (SSSR count). The van der Waals surface area contributed by atoms with Crippen molar-refractivity contribution in [1.29, 1.82) is 0 Å². The van der Waals surface area contributed by atoms with Gasteiger partial charge < -0.3 is 20.4 Å². The average Bonchev–Trinajstić information content (AvgIpc) is 2.62. The van der Waals surface area contributed by atoms with E-state index < -0.39 is 11.9 Å². The predicted molar refractivity (Wildman–Crippen MR) is 69.8 cm³/mol. The average molecular weight is 265 g/mol. The summed E-state index contributed by atoms with van der Waals surface area (Å²) in [5.41, 5.74) is 6.73. The molecule has 1 aromatic heterocycles. The van der Waals surface area contributed by atoms with Crippen LogP contribution in [0.1, 0.15) is 27.4 Å². The molecule has 2 heterocycles. The molecule has 104 valence electrons. The fraction of sp³-hybridized carbons (Fsp3) is 0.538. The van der Waals surface area contributed by atoms with Gasteiger partial charge in [0, 0.05) is 25.2 Å². The van der Waals surface area contributed by atoms with E-state index in [2.05, 4.69) is 5.32 Å². The second kappa shape index (κ2) is 5.05. The summed E-state index contributed by atoms with van der Waals surface area (Å²) >= 11 is 0. The Morgan fingerprint density at radius 1 is 1.32 bits per heavy atom. The van der Waals surface area contributed by atoms with Crippen molar-refractivity contribution in [2.75, 3.05) is 19.6 Å². The van der Waals surface area contributed by atoms with Crippen molar-refractivity contribution >= 4 is 11.8 Å². The van der Waals surface area contributed by atoms with Crippen molar-refractivity contribution in [3.8, 4) is 0 Å². The lowest BCUT2D eigenvalue weighted by Crippen LogP contribution is -2.58. The van der Waals surface area contributed by atoms with Crippen LogP contribution in [0.5, 0.6) is 0 Å². The van der Waals surface area contributed by atoms with Crippen LogP contribution >= 0.6 is 0 Å². The van der Waals surface area contributed by atoms with Gasteiger partial charge >= 0.3 is 0 Å². The molecule has 1 aliphatic heterocycles. The van der Waals surface area contributed by atoms with Gasteiger partial charge in [-0.05, 0) is 20.8 Å². The number of carbonyl (C=O) groups is 2. The van der Waals surface area contributed by atoms with Gasteiger partial charge in [-0.25, -0.2) is 0 Å². The van der Waals surface area contributed by atoms with E-state index in [9.17, 15) is 9.59 Å². The fourth-order valence-electron chi connectivity index (χ4n) is 2.45. The number of nitrogens with zero attached hydrogens (tertiary/aromatic N) is 1. The number of nitrogens with two attached hydrogens (primary N) is 1. The molecule has 19 heavy (non-hydrogen) atoms. The van der Waals surface area contributed by atoms with E-state index in [0.29, 0.717) is 31.0 Å². The van der Waals surface area contributed by atoms with Gasteiger partial charge in [0.25, 0.3) is 5.91 Å². The third-order valence-corrected chi connectivity index (χ3v) is 3.61. The normalized spacial score (nSPS) is 19.5. The number of hydrogen-bond donors (Lipinski definition) is 2. The molecule has 0 spiro atoms. The van der Waals surface area contributed by atoms with Gasteiger partial charge in [-0.15, -0.1) is 0 Å². The minimum absolute atomic E-state index is 0.183. The highest BCUT2D eigenvalue weighted by Crippen LogP contribution is 2.23. The van der Waals surface area contributed by atoms with Gasteiger partial charge in [0.1, 0.15) is 17.6 Å². The van der Waals surface area contributed by atoms with E-state index in [1.165, 1.54) is 4.90 Å². The standard InChI is InChI=1S/C13H19N3O3/c1-7-8(2)19-9(3)11(7)13(18)16-5-4-15-6-10(16)12(14)17/h10,15H,4-6H2,1-3H3,(H2,14,17). The minimum atomic E-state index is -0.602. The van der Waals surface area contributed by atoms with Crippen molar-refractivity contribution in [2.24, 2.45) is 5.73 Å². The molecule has 6 heteroatoms. The number of rotatable bonds is 2. The third kappa shape index (κ3) is 2.35. The summed E-state index contributed by atoms with van der Waals surface area (Å²) in [6, 6.07) is -0.602. The lowest BCUT2D eigenvalue weighted by molar-refractivity contribution is -0.122. The first-order valence-electron chi connectivity index (χ1n) is 6.31. The van der Waals surface area contributed by atoms with Gasteiger partial charge in [0.2, 0.25) is 5.91 Å². The SMILES string of the molecule is Cc1oc(C)c(C(=O)N2CCNCC2C(N)=O)c1C. The van der Waals surface area contributed by atoms with Crippen molar-refractivity contribution in [3.05, 3.63) is 22.6 Å². The monoisotopic (exact) mass is 265 g/mol. The maximum absolute atomic E-state index is 12.6. The van der Waals surface area contributed by atoms with Crippen LogP contribution in [0.4, 0.5) is 0 Å². The molecule has 0 saturated carbocycles. The van der Waals surface area contributed by atoms with Gasteiger partial charge in [-0.2, -0.15) is 0 Å². The molecule has 1 fully saturated rings. The number of aryl methyl sites for hydroxylation is 2. The van der Waals surface area contributed by atoms with Crippen LogP contribution in [-0.4, -0.2) is 42.4 Å². The van der Waals surface area contributed by atoms with E-state index in [1.807, 2.05) is 13.8 Å². The highest BCUT2D eigenvalue weighted by molar-refractivity contribution is 5.99. The van der Waals surface area contributed by atoms with E-state index in [1.54, 1.807) is 6.92 Å². The van der Waals surface area contributed by atoms with Gasteiger partial charge in [0.05, 0.1) is 5.56 Å². The Kier molecular flexibility index (Phi) is 3.61. The molecule has 2 amide bonds. The summed E-state index contributed by atoms with van der Waals surface area (Å²) in [5.74, 6) is 0.640. The summed E-state index contributed by atoms with van der Waals surface area (Å²) in [6.45, 7) is 6.95. The van der Waals surface area contributed by atoms with Crippen LogP contribution in [0.15, 0.2) is 4.42 Å². The lowest BCUT2D eigenvalue weighted by Gasteiger charge is -2.34. The Labute approximate surface area is 111 Å². The van der Waals surface area contributed by atoms with Crippen LogP contribution in [0.25, 0.3) is 0 Å². The van der Waals surface area contributed by atoms with Crippen LogP contribution in [0, 0.1) is 20.8 Å². The first-order chi connectivity index (χ1) is 8.93. The van der Waals surface area contributed by atoms with Crippen LogP contribution in [0.3, 0.4) is 0 Å². The van der Waals surface area contributed by atoms with Gasteiger partial charge in [0.15, 0.2) is 0 Å². The number of carbonyl (C=O) groups excluding carboxylic acids is 2. The molecule has 0 aromatic carbocycles. The maximum Gasteiger partial charge on any atom is 0.258 e. The van der Waals surface area contributed by atoms with E-state index in [0.717, 1.165) is 11.3 Å². The molecule has 3 N–H and O–H groups in total. The Morgan fingerprint density at radius 3 is 2.53 bits per heavy atom. The minimum Gasteiger partial charge on any atom is -0.466 e. The second-order valence-corrected chi connectivity index (χ2v) is 4.84. The summed E-state index contributed by atoms with van der Waals surface area (Å²) in [6.07, 6.45) is 0.